The molecule has 0 aliphatic rings. The minimum absolute atomic E-state index is 0.0310. The highest BCUT2D eigenvalue weighted by Crippen LogP contribution is 2.17. The van der Waals surface area contributed by atoms with Crippen LogP contribution in [0, 0.1) is 0 Å². The van der Waals surface area contributed by atoms with E-state index in [1.807, 2.05) is 6.07 Å². The fourth-order valence-electron chi connectivity index (χ4n) is 1.19. The minimum atomic E-state index is -1.49. The molecule has 0 aliphatic carbocycles. The summed E-state index contributed by atoms with van der Waals surface area (Å²) in [6.45, 7) is 0. The quantitative estimate of drug-likeness (QED) is 0.695. The van der Waals surface area contributed by atoms with Crippen molar-refractivity contribution in [2.45, 2.75) is 0 Å². The van der Waals surface area contributed by atoms with Gasteiger partial charge in [-0.1, -0.05) is 22.7 Å². The summed E-state index contributed by atoms with van der Waals surface area (Å²) in [5.41, 5.74) is 3.45. The van der Waals surface area contributed by atoms with Crippen LogP contribution in [0.3, 0.4) is 0 Å². The number of amides is 2. The maximum Gasteiger partial charge on any atom is 0.324 e. The molecule has 9 heteroatoms. The molecule has 0 unspecified atom stereocenters. The average Bonchev–Trinajstić information content (AvgIpc) is 2.90. The van der Waals surface area contributed by atoms with E-state index in [1.54, 1.807) is 31.3 Å². The Bertz CT molecular complexity index is 572. The monoisotopic (exact) mass is 295 g/mol. The number of carbonyl (C=O) groups is 2. The van der Waals surface area contributed by atoms with Crippen LogP contribution in [0.15, 0.2) is 30.3 Å². The number of nitrogens with one attached hydrogen (secondary N) is 2. The molecule has 0 bridgehead atoms. The Balaban J connectivity index is 0.000000956. The van der Waals surface area contributed by atoms with E-state index < -0.39 is 12.0 Å². The van der Waals surface area contributed by atoms with E-state index in [0.717, 1.165) is 11.5 Å². The second-order valence-electron chi connectivity index (χ2n) is 3.18. The molecule has 1 heterocycles. The Hall–Kier alpha value is -2.52. The van der Waals surface area contributed by atoms with Gasteiger partial charge in [0.15, 0.2) is 0 Å². The first-order chi connectivity index (χ1) is 9.66. The Morgan fingerprint density at radius 3 is 2.45 bits per heavy atom. The third kappa shape index (κ3) is 4.30. The number of urea groups is 1. The first-order valence-corrected chi connectivity index (χ1v) is 6.31. The van der Waals surface area contributed by atoms with Crippen LogP contribution in [0.4, 0.5) is 15.5 Å². The number of carboxylic acids is 1. The molecule has 5 N–H and O–H groups in total. The van der Waals surface area contributed by atoms with E-state index >= 15 is 0 Å². The van der Waals surface area contributed by atoms with E-state index in [2.05, 4.69) is 26.0 Å². The van der Waals surface area contributed by atoms with Crippen LogP contribution in [-0.4, -0.2) is 28.6 Å². The molecule has 0 fully saturated rings. The number of carboxylic acid groups (broad SMARTS) is 1. The molecule has 1 aromatic carbocycles. The summed E-state index contributed by atoms with van der Waals surface area (Å²) in [4.78, 5) is 22.2. The number of aromatic nitrogens is 2. The van der Waals surface area contributed by atoms with Crippen LogP contribution in [-0.2, 0) is 0 Å². The third-order valence-corrected chi connectivity index (χ3v) is 2.58. The molecule has 0 saturated heterocycles. The van der Waals surface area contributed by atoms with Crippen LogP contribution in [0.5, 0.6) is 0 Å². The summed E-state index contributed by atoms with van der Waals surface area (Å²) in [6, 6.07) is 8.15. The topological polar surface area (TPSA) is 135 Å². The number of benzene rings is 1. The van der Waals surface area contributed by atoms with E-state index in [0.29, 0.717) is 5.69 Å². The van der Waals surface area contributed by atoms with Gasteiger partial charge in [0, 0.05) is 17.2 Å². The number of rotatable bonds is 3. The Kier molecular flexibility index (Phi) is 6.07. The van der Waals surface area contributed by atoms with E-state index in [9.17, 15) is 14.7 Å². The molecule has 20 heavy (non-hydrogen) atoms. The Labute approximate surface area is 118 Å². The fourth-order valence-corrected chi connectivity index (χ4v) is 1.75. The lowest BCUT2D eigenvalue weighted by Crippen LogP contribution is -2.40. The van der Waals surface area contributed by atoms with Crippen molar-refractivity contribution in [3.8, 4) is 0 Å². The molecule has 2 rings (SSSR count). The first kappa shape index (κ1) is 15.5. The van der Waals surface area contributed by atoms with Gasteiger partial charge in [0.2, 0.25) is 0 Å². The summed E-state index contributed by atoms with van der Waals surface area (Å²) in [7, 11) is 1.75. The largest absolute Gasteiger partial charge is 0.543 e. The second kappa shape index (κ2) is 7.81. The van der Waals surface area contributed by atoms with Crippen LogP contribution in [0.2, 0.25) is 0 Å². The second-order valence-corrected chi connectivity index (χ2v) is 3.94. The lowest BCUT2D eigenvalue weighted by molar-refractivity contribution is -0.325. The number of aromatic carboxylic acids is 1. The highest BCUT2D eigenvalue weighted by atomic mass is 32.1. The summed E-state index contributed by atoms with van der Waals surface area (Å²) in [5, 5.41) is 18.9. The fraction of sp³-hybridized carbons (Fsp3) is 0.0909. The molecule has 0 saturated carbocycles. The zero-order valence-electron chi connectivity index (χ0n) is 10.6. The van der Waals surface area contributed by atoms with Gasteiger partial charge in [-0.05, 0) is 12.1 Å². The maximum atomic E-state index is 11.6. The molecule has 0 radical (unpaired) electrons. The number of para-hydroxylation sites is 1. The molecule has 0 atom stereocenters. The van der Waals surface area contributed by atoms with Gasteiger partial charge in [-0.15, -0.1) is 5.10 Å². The van der Waals surface area contributed by atoms with Crippen molar-refractivity contribution in [1.29, 1.82) is 0 Å². The standard InChI is InChI=1S/C10H8N4O3S.CH5N/c15-9(16)7-8(18-14-13-7)12-10(17)11-6-4-2-1-3-5-6;1-2/h1-5H,(H,15,16)(H2,11,12,17);2H2,1H3. The number of nitrogens with zero attached hydrogens (tertiary/aromatic N) is 2. The Morgan fingerprint density at radius 1 is 1.20 bits per heavy atom. The lowest BCUT2D eigenvalue weighted by Gasteiger charge is -2.06. The van der Waals surface area contributed by atoms with Crippen LogP contribution in [0.25, 0.3) is 0 Å². The van der Waals surface area contributed by atoms with Crippen molar-refractivity contribution in [3.05, 3.63) is 36.0 Å². The van der Waals surface area contributed by atoms with Gasteiger partial charge in [0.05, 0.1) is 13.0 Å². The number of hydrogen-bond acceptors (Lipinski definition) is 6. The first-order valence-electron chi connectivity index (χ1n) is 5.54. The van der Waals surface area contributed by atoms with Crippen LogP contribution in [0.1, 0.15) is 10.5 Å². The molecule has 106 valence electrons. The molecule has 1 aromatic heterocycles. The number of quaternary nitrogens is 1. The van der Waals surface area contributed by atoms with Gasteiger partial charge in [-0.25, -0.2) is 4.79 Å². The van der Waals surface area contributed by atoms with Crippen molar-refractivity contribution < 1.29 is 20.4 Å². The number of hydrogen-bond donors (Lipinski definition) is 3. The van der Waals surface area contributed by atoms with Crippen molar-refractivity contribution in [1.82, 2.24) is 9.59 Å². The molecule has 0 spiro atoms. The van der Waals surface area contributed by atoms with Gasteiger partial charge in [0.1, 0.15) is 10.7 Å². The lowest BCUT2D eigenvalue weighted by atomic mass is 10.3. The zero-order chi connectivity index (χ0) is 15.0. The molecule has 2 amide bonds. The normalized spacial score (nSPS) is 9.10. The number of carbonyl (C=O) groups excluding carboxylic acids is 2. The highest BCUT2D eigenvalue weighted by Gasteiger charge is 2.11. The predicted molar refractivity (Wildman–Crippen MR) is 72.1 cm³/mol. The summed E-state index contributed by atoms with van der Waals surface area (Å²) >= 11 is 0.763. The molecule has 8 nitrogen and oxygen atoms in total. The molecule has 2 aromatic rings. The SMILES string of the molecule is C[NH3+].O=C(Nc1ccccc1)Nc1snnc1C(=O)[O-]. The van der Waals surface area contributed by atoms with Gasteiger partial charge in [0.25, 0.3) is 0 Å². The third-order valence-electron chi connectivity index (χ3n) is 1.94. The summed E-state index contributed by atoms with van der Waals surface area (Å²) < 4.78 is 3.43. The highest BCUT2D eigenvalue weighted by molar-refractivity contribution is 7.10. The maximum absolute atomic E-state index is 11.6. The van der Waals surface area contributed by atoms with Crippen LogP contribution >= 0.6 is 11.5 Å². The van der Waals surface area contributed by atoms with Crippen LogP contribution < -0.4 is 21.5 Å². The van der Waals surface area contributed by atoms with E-state index in [1.165, 1.54) is 0 Å². The van der Waals surface area contributed by atoms with Crippen molar-refractivity contribution in [2.75, 3.05) is 17.7 Å². The molecule has 0 aliphatic heterocycles. The van der Waals surface area contributed by atoms with E-state index in [-0.39, 0.29) is 10.7 Å². The molecular formula is C11H13N5O3S. The minimum Gasteiger partial charge on any atom is -0.543 e. The van der Waals surface area contributed by atoms with Gasteiger partial charge in [-0.2, -0.15) is 0 Å². The zero-order valence-corrected chi connectivity index (χ0v) is 11.4. The summed E-state index contributed by atoms with van der Waals surface area (Å²) in [5.74, 6) is -1.49. The van der Waals surface area contributed by atoms with E-state index in [4.69, 9.17) is 0 Å². The van der Waals surface area contributed by atoms with Gasteiger partial charge < -0.3 is 21.0 Å². The Morgan fingerprint density at radius 2 is 1.85 bits per heavy atom. The van der Waals surface area contributed by atoms with Crippen molar-refractivity contribution in [2.24, 2.45) is 0 Å². The summed E-state index contributed by atoms with van der Waals surface area (Å²) in [6.07, 6.45) is 0. The van der Waals surface area contributed by atoms with Crippen molar-refractivity contribution in [3.63, 3.8) is 0 Å². The van der Waals surface area contributed by atoms with Gasteiger partial charge >= 0.3 is 6.03 Å². The predicted octanol–water partition coefficient (Wildman–Crippen LogP) is -0.596. The smallest absolute Gasteiger partial charge is 0.324 e. The number of anilines is 2. The van der Waals surface area contributed by atoms with Crippen molar-refractivity contribution >= 4 is 34.2 Å². The molecular weight excluding hydrogens is 282 g/mol. The average molecular weight is 295 g/mol. The van der Waals surface area contributed by atoms with Gasteiger partial charge in [-0.3, -0.25) is 5.32 Å².